The van der Waals surface area contributed by atoms with Crippen LogP contribution < -0.4 is 5.56 Å². The molecule has 2 fully saturated rings. The third kappa shape index (κ3) is 2.83. The van der Waals surface area contributed by atoms with E-state index in [1.807, 2.05) is 12.3 Å². The summed E-state index contributed by atoms with van der Waals surface area (Å²) in [5.41, 5.74) is 1.91. The highest BCUT2D eigenvalue weighted by Gasteiger charge is 2.32. The largest absolute Gasteiger partial charge is 0.381 e. The van der Waals surface area contributed by atoms with Crippen LogP contribution in [0.4, 0.5) is 0 Å². The molecular weight excluding hydrogens is 298 g/mol. The van der Waals surface area contributed by atoms with Gasteiger partial charge in [0.25, 0.3) is 5.56 Å². The Morgan fingerprint density at radius 1 is 1.45 bits per heavy atom. The summed E-state index contributed by atoms with van der Waals surface area (Å²) in [6.07, 6.45) is 3.70. The van der Waals surface area contributed by atoms with Crippen molar-refractivity contribution in [2.24, 2.45) is 5.92 Å². The zero-order valence-corrected chi connectivity index (χ0v) is 13.6. The van der Waals surface area contributed by atoms with Gasteiger partial charge >= 0.3 is 0 Å². The number of rotatable bonds is 5. The average molecular weight is 319 g/mol. The van der Waals surface area contributed by atoms with Crippen LogP contribution in [0.3, 0.4) is 0 Å². The molecule has 22 heavy (non-hydrogen) atoms. The van der Waals surface area contributed by atoms with Crippen molar-refractivity contribution in [3.05, 3.63) is 33.2 Å². The molecule has 0 aromatic carbocycles. The molecule has 1 saturated heterocycles. The van der Waals surface area contributed by atoms with Gasteiger partial charge in [-0.3, -0.25) is 14.1 Å². The van der Waals surface area contributed by atoms with E-state index in [9.17, 15) is 4.79 Å². The fourth-order valence-electron chi connectivity index (χ4n) is 3.23. The van der Waals surface area contributed by atoms with E-state index in [0.717, 1.165) is 49.1 Å². The highest BCUT2D eigenvalue weighted by molar-refractivity contribution is 7.15. The second kappa shape index (κ2) is 5.76. The van der Waals surface area contributed by atoms with Crippen molar-refractivity contribution < 1.29 is 4.74 Å². The molecule has 4 rings (SSSR count). The minimum atomic E-state index is 0.0405. The molecule has 1 atom stereocenters. The van der Waals surface area contributed by atoms with E-state index in [1.165, 1.54) is 24.2 Å². The van der Waals surface area contributed by atoms with Gasteiger partial charge in [-0.25, -0.2) is 4.98 Å². The highest BCUT2D eigenvalue weighted by atomic mass is 32.1. The maximum atomic E-state index is 12.3. The maximum Gasteiger partial charge on any atom is 0.259 e. The van der Waals surface area contributed by atoms with E-state index in [0.29, 0.717) is 12.0 Å². The highest BCUT2D eigenvalue weighted by Crippen LogP contribution is 2.30. The predicted molar refractivity (Wildman–Crippen MR) is 86.4 cm³/mol. The standard InChI is InChI=1S/C16H21N3O2S/c1-11-10-22-16-17-13(6-15(20)19(11)16)8-18(14-2-3-14)7-12-4-5-21-9-12/h6,10,12,14H,2-5,7-9H2,1H3/t12-/m1/s1. The fraction of sp³-hybridized carbons (Fsp3) is 0.625. The minimum absolute atomic E-state index is 0.0405. The number of nitrogens with zero attached hydrogens (tertiary/aromatic N) is 3. The Morgan fingerprint density at radius 3 is 3.05 bits per heavy atom. The van der Waals surface area contributed by atoms with E-state index in [-0.39, 0.29) is 5.56 Å². The van der Waals surface area contributed by atoms with Gasteiger partial charge in [0.15, 0.2) is 4.96 Å². The summed E-state index contributed by atoms with van der Waals surface area (Å²) < 4.78 is 7.19. The summed E-state index contributed by atoms with van der Waals surface area (Å²) in [6.45, 7) is 5.56. The lowest BCUT2D eigenvalue weighted by atomic mass is 10.1. The number of hydrogen-bond acceptors (Lipinski definition) is 5. The number of fused-ring (bicyclic) bond motifs is 1. The number of thiazole rings is 1. The van der Waals surface area contributed by atoms with Crippen LogP contribution >= 0.6 is 11.3 Å². The first kappa shape index (κ1) is 14.4. The van der Waals surface area contributed by atoms with E-state index >= 15 is 0 Å². The molecule has 0 amide bonds. The fourth-order valence-corrected chi connectivity index (χ4v) is 4.12. The Morgan fingerprint density at radius 2 is 2.32 bits per heavy atom. The average Bonchev–Trinajstić information content (AvgIpc) is 3.09. The van der Waals surface area contributed by atoms with E-state index < -0.39 is 0 Å². The summed E-state index contributed by atoms with van der Waals surface area (Å²) >= 11 is 1.54. The van der Waals surface area contributed by atoms with Crippen molar-refractivity contribution in [2.45, 2.75) is 38.8 Å². The van der Waals surface area contributed by atoms with E-state index in [4.69, 9.17) is 4.74 Å². The maximum absolute atomic E-state index is 12.3. The molecule has 0 bridgehead atoms. The molecule has 0 N–H and O–H groups in total. The molecule has 0 unspecified atom stereocenters. The molecule has 2 aromatic rings. The SMILES string of the molecule is Cc1csc2nc(CN(C[C@H]3CCOC3)C3CC3)cc(=O)n12. The van der Waals surface area contributed by atoms with Crippen LogP contribution in [0.15, 0.2) is 16.2 Å². The van der Waals surface area contributed by atoms with Gasteiger partial charge in [-0.1, -0.05) is 0 Å². The van der Waals surface area contributed by atoms with Gasteiger partial charge in [-0.2, -0.15) is 0 Å². The second-order valence-electron chi connectivity index (χ2n) is 6.47. The molecule has 0 spiro atoms. The Hall–Kier alpha value is -1.24. The Labute approximate surface area is 133 Å². The molecule has 1 aliphatic heterocycles. The van der Waals surface area contributed by atoms with Gasteiger partial charge in [-0.05, 0) is 32.1 Å². The van der Waals surface area contributed by atoms with Crippen LogP contribution in [-0.4, -0.2) is 40.1 Å². The van der Waals surface area contributed by atoms with Crippen molar-refractivity contribution in [1.82, 2.24) is 14.3 Å². The summed E-state index contributed by atoms with van der Waals surface area (Å²) in [6, 6.07) is 2.37. The number of hydrogen-bond donors (Lipinski definition) is 0. The van der Waals surface area contributed by atoms with E-state index in [2.05, 4.69) is 9.88 Å². The van der Waals surface area contributed by atoms with Gasteiger partial charge in [0, 0.05) is 42.9 Å². The van der Waals surface area contributed by atoms with Crippen molar-refractivity contribution in [3.8, 4) is 0 Å². The lowest BCUT2D eigenvalue weighted by molar-refractivity contribution is 0.161. The van der Waals surface area contributed by atoms with Crippen molar-refractivity contribution in [3.63, 3.8) is 0 Å². The third-order valence-corrected chi connectivity index (χ3v) is 5.52. The molecule has 3 heterocycles. The van der Waals surface area contributed by atoms with Crippen LogP contribution in [0.2, 0.25) is 0 Å². The molecule has 118 valence electrons. The zero-order valence-electron chi connectivity index (χ0n) is 12.8. The van der Waals surface area contributed by atoms with Crippen LogP contribution in [0, 0.1) is 12.8 Å². The van der Waals surface area contributed by atoms with Crippen LogP contribution in [0.25, 0.3) is 4.96 Å². The summed E-state index contributed by atoms with van der Waals surface area (Å²) in [7, 11) is 0. The molecule has 6 heteroatoms. The molecule has 5 nitrogen and oxygen atoms in total. The number of ether oxygens (including phenoxy) is 1. The number of aryl methyl sites for hydroxylation is 1. The van der Waals surface area contributed by atoms with Gasteiger partial charge in [0.05, 0.1) is 12.3 Å². The lowest BCUT2D eigenvalue weighted by Gasteiger charge is -2.24. The molecule has 1 saturated carbocycles. The zero-order chi connectivity index (χ0) is 15.1. The summed E-state index contributed by atoms with van der Waals surface area (Å²) in [5.74, 6) is 0.634. The molecule has 0 radical (unpaired) electrons. The van der Waals surface area contributed by atoms with Crippen LogP contribution in [0.5, 0.6) is 0 Å². The summed E-state index contributed by atoms with van der Waals surface area (Å²) in [5, 5.41) is 1.99. The number of aromatic nitrogens is 2. The van der Waals surface area contributed by atoms with E-state index in [1.54, 1.807) is 10.5 Å². The van der Waals surface area contributed by atoms with Crippen molar-refractivity contribution in [2.75, 3.05) is 19.8 Å². The van der Waals surface area contributed by atoms with Gasteiger partial charge in [0.2, 0.25) is 0 Å². The van der Waals surface area contributed by atoms with Crippen LogP contribution in [-0.2, 0) is 11.3 Å². The monoisotopic (exact) mass is 319 g/mol. The minimum Gasteiger partial charge on any atom is -0.381 e. The van der Waals surface area contributed by atoms with Crippen molar-refractivity contribution in [1.29, 1.82) is 0 Å². The predicted octanol–water partition coefficient (Wildman–Crippen LogP) is 2.07. The molecule has 2 aliphatic rings. The smallest absolute Gasteiger partial charge is 0.259 e. The van der Waals surface area contributed by atoms with Crippen LogP contribution in [0.1, 0.15) is 30.7 Å². The first-order valence-corrected chi connectivity index (χ1v) is 8.87. The molecule has 1 aliphatic carbocycles. The molecular formula is C16H21N3O2S. The lowest BCUT2D eigenvalue weighted by Crippen LogP contribution is -2.32. The summed E-state index contributed by atoms with van der Waals surface area (Å²) in [4.78, 5) is 20.3. The van der Waals surface area contributed by atoms with Gasteiger partial charge < -0.3 is 4.74 Å². The quantitative estimate of drug-likeness (QED) is 0.846. The first-order valence-electron chi connectivity index (χ1n) is 7.99. The normalized spacial score (nSPS) is 22.0. The van der Waals surface area contributed by atoms with Gasteiger partial charge in [-0.15, -0.1) is 11.3 Å². The topological polar surface area (TPSA) is 46.8 Å². The Balaban J connectivity index is 1.56. The Bertz CT molecular complexity index is 729. The third-order valence-electron chi connectivity index (χ3n) is 4.57. The second-order valence-corrected chi connectivity index (χ2v) is 7.31. The first-order chi connectivity index (χ1) is 10.7. The Kier molecular flexibility index (Phi) is 3.76. The van der Waals surface area contributed by atoms with Crippen molar-refractivity contribution >= 4 is 16.3 Å². The molecule has 2 aromatic heterocycles. The van der Waals surface area contributed by atoms with Gasteiger partial charge in [0.1, 0.15) is 0 Å².